The Balaban J connectivity index is 2.13. The molecule has 1 aromatic rings. The van der Waals surface area contributed by atoms with E-state index in [9.17, 15) is 34.2 Å². The van der Waals surface area contributed by atoms with Gasteiger partial charge in [0.25, 0.3) is 0 Å². The smallest absolute Gasteiger partial charge is 0.326 e. The van der Waals surface area contributed by atoms with Crippen molar-refractivity contribution in [2.24, 2.45) is 5.73 Å². The van der Waals surface area contributed by atoms with Crippen LogP contribution in [0.25, 0.3) is 0 Å². The zero-order valence-electron chi connectivity index (χ0n) is 18.0. The first kappa shape index (κ1) is 25.7. The Morgan fingerprint density at radius 1 is 1.00 bits per heavy atom. The number of nitrogens with two attached hydrogens (primary N) is 1. The van der Waals surface area contributed by atoms with Crippen molar-refractivity contribution in [2.75, 3.05) is 13.2 Å². The second kappa shape index (κ2) is 12.5. The number of aliphatic carboxylic acids is 1. The van der Waals surface area contributed by atoms with Gasteiger partial charge >= 0.3 is 5.97 Å². The maximum absolute atomic E-state index is 12.8. The highest BCUT2D eigenvalue weighted by molar-refractivity contribution is 5.95. The van der Waals surface area contributed by atoms with Gasteiger partial charge in [0.15, 0.2) is 0 Å². The highest BCUT2D eigenvalue weighted by atomic mass is 16.4. The Hall–Kier alpha value is -3.51. The first-order valence-corrected chi connectivity index (χ1v) is 10.5. The van der Waals surface area contributed by atoms with Gasteiger partial charge in [-0.1, -0.05) is 30.3 Å². The molecule has 180 valence electrons. The van der Waals surface area contributed by atoms with Gasteiger partial charge in [0, 0.05) is 6.42 Å². The first-order chi connectivity index (χ1) is 15.7. The number of primary amides is 1. The van der Waals surface area contributed by atoms with E-state index < -0.39 is 66.8 Å². The molecule has 12 heteroatoms. The fraction of sp³-hybridized carbons (Fsp3) is 0.476. The van der Waals surface area contributed by atoms with E-state index >= 15 is 0 Å². The summed E-state index contributed by atoms with van der Waals surface area (Å²) in [5.74, 6) is -4.51. The summed E-state index contributed by atoms with van der Waals surface area (Å²) >= 11 is 0. The highest BCUT2D eigenvalue weighted by Crippen LogP contribution is 2.07. The van der Waals surface area contributed by atoms with Crippen molar-refractivity contribution in [3.05, 3.63) is 35.9 Å². The molecule has 0 bridgehead atoms. The molecule has 1 heterocycles. The molecule has 8 N–H and O–H groups in total. The van der Waals surface area contributed by atoms with E-state index in [1.807, 2.05) is 0 Å². The summed E-state index contributed by atoms with van der Waals surface area (Å²) in [6.07, 6.45) is 0.777. The third-order valence-corrected chi connectivity index (χ3v) is 5.13. The van der Waals surface area contributed by atoms with Crippen LogP contribution >= 0.6 is 0 Å². The van der Waals surface area contributed by atoms with Crippen LogP contribution in [0.5, 0.6) is 0 Å². The first-order valence-electron chi connectivity index (χ1n) is 10.5. The van der Waals surface area contributed by atoms with E-state index in [0.29, 0.717) is 18.5 Å². The minimum Gasteiger partial charge on any atom is -0.480 e. The molecule has 1 aliphatic rings. The Kier molecular flexibility index (Phi) is 9.76. The normalized spacial score (nSPS) is 17.9. The monoisotopic (exact) mass is 463 g/mol. The van der Waals surface area contributed by atoms with Crippen LogP contribution in [0.15, 0.2) is 30.3 Å². The summed E-state index contributed by atoms with van der Waals surface area (Å²) in [7, 11) is 0. The SMILES string of the molecule is NC(=O)CC(NC(=O)C(Cc1ccccc1)NC(=O)C(CO)NC(=O)C1CCCN1)C(=O)O. The van der Waals surface area contributed by atoms with Gasteiger partial charge in [-0.3, -0.25) is 19.2 Å². The van der Waals surface area contributed by atoms with Crippen molar-refractivity contribution in [1.82, 2.24) is 21.3 Å². The molecule has 4 atom stereocenters. The molecule has 0 saturated carbocycles. The van der Waals surface area contributed by atoms with Crippen molar-refractivity contribution in [3.8, 4) is 0 Å². The van der Waals surface area contributed by atoms with Crippen LogP contribution in [-0.2, 0) is 30.4 Å². The maximum Gasteiger partial charge on any atom is 0.326 e. The van der Waals surface area contributed by atoms with Gasteiger partial charge in [0.05, 0.1) is 19.1 Å². The number of benzene rings is 1. The Labute approximate surface area is 190 Å². The number of amides is 4. The lowest BCUT2D eigenvalue weighted by Gasteiger charge is -2.24. The van der Waals surface area contributed by atoms with Gasteiger partial charge in [-0.25, -0.2) is 4.79 Å². The maximum atomic E-state index is 12.8. The number of aliphatic hydroxyl groups is 1. The number of aliphatic hydroxyl groups excluding tert-OH is 1. The standard InChI is InChI=1S/C21H29N5O7/c22-17(28)10-15(21(32)33)25-19(30)14(9-12-5-2-1-3-6-12)24-20(31)16(11-27)26-18(29)13-7-4-8-23-13/h1-3,5-6,13-16,23,27H,4,7-11H2,(H2,22,28)(H,24,31)(H,25,30)(H,26,29)(H,32,33). The van der Waals surface area contributed by atoms with Crippen molar-refractivity contribution >= 4 is 29.6 Å². The number of carbonyl (C=O) groups is 5. The number of carboxylic acids is 1. The van der Waals surface area contributed by atoms with Gasteiger partial charge in [-0.05, 0) is 24.9 Å². The van der Waals surface area contributed by atoms with Gasteiger partial charge in [-0.15, -0.1) is 0 Å². The van der Waals surface area contributed by atoms with E-state index in [2.05, 4.69) is 21.3 Å². The topological polar surface area (TPSA) is 200 Å². The molecule has 4 unspecified atom stereocenters. The number of hydrogen-bond acceptors (Lipinski definition) is 7. The average Bonchev–Trinajstić information content (AvgIpc) is 3.31. The average molecular weight is 463 g/mol. The predicted octanol–water partition coefficient (Wildman–Crippen LogP) is -2.61. The molecule has 0 aromatic heterocycles. The van der Waals surface area contributed by atoms with Crippen molar-refractivity contribution < 1.29 is 34.2 Å². The molecule has 1 fully saturated rings. The van der Waals surface area contributed by atoms with Crippen LogP contribution in [0.3, 0.4) is 0 Å². The molecule has 12 nitrogen and oxygen atoms in total. The van der Waals surface area contributed by atoms with Crippen LogP contribution < -0.4 is 27.0 Å². The number of nitrogens with one attached hydrogen (secondary N) is 4. The van der Waals surface area contributed by atoms with Gasteiger partial charge < -0.3 is 37.2 Å². The Bertz CT molecular complexity index is 858. The molecular weight excluding hydrogens is 434 g/mol. The Morgan fingerprint density at radius 2 is 1.64 bits per heavy atom. The summed E-state index contributed by atoms with van der Waals surface area (Å²) < 4.78 is 0. The summed E-state index contributed by atoms with van der Waals surface area (Å²) in [6.45, 7) is -0.0349. The number of hydrogen-bond donors (Lipinski definition) is 7. The molecule has 0 aliphatic carbocycles. The minimum absolute atomic E-state index is 0.00238. The molecule has 1 aliphatic heterocycles. The molecule has 0 radical (unpaired) electrons. The van der Waals surface area contributed by atoms with E-state index in [4.69, 9.17) is 5.73 Å². The van der Waals surface area contributed by atoms with E-state index in [-0.39, 0.29) is 6.42 Å². The van der Waals surface area contributed by atoms with Crippen molar-refractivity contribution in [1.29, 1.82) is 0 Å². The van der Waals surface area contributed by atoms with Crippen molar-refractivity contribution in [3.63, 3.8) is 0 Å². The fourth-order valence-electron chi connectivity index (χ4n) is 3.38. The van der Waals surface area contributed by atoms with Crippen LogP contribution in [0, 0.1) is 0 Å². The zero-order chi connectivity index (χ0) is 24.4. The number of carbonyl (C=O) groups excluding carboxylic acids is 4. The lowest BCUT2D eigenvalue weighted by Crippen LogP contribution is -2.58. The van der Waals surface area contributed by atoms with E-state index in [1.54, 1.807) is 30.3 Å². The lowest BCUT2D eigenvalue weighted by molar-refractivity contribution is -0.143. The summed E-state index contributed by atoms with van der Waals surface area (Å²) in [5.41, 5.74) is 5.71. The quantitative estimate of drug-likeness (QED) is 0.175. The third kappa shape index (κ3) is 8.16. The summed E-state index contributed by atoms with van der Waals surface area (Å²) in [6, 6.07) is 4.03. The van der Waals surface area contributed by atoms with Gasteiger partial charge in [-0.2, -0.15) is 0 Å². The van der Waals surface area contributed by atoms with Gasteiger partial charge in [0.2, 0.25) is 23.6 Å². The van der Waals surface area contributed by atoms with Crippen LogP contribution in [-0.4, -0.2) is 77.1 Å². The van der Waals surface area contributed by atoms with Crippen LogP contribution in [0.2, 0.25) is 0 Å². The molecule has 33 heavy (non-hydrogen) atoms. The molecule has 1 saturated heterocycles. The second-order valence-corrected chi connectivity index (χ2v) is 7.71. The second-order valence-electron chi connectivity index (χ2n) is 7.71. The molecule has 1 aromatic carbocycles. The Morgan fingerprint density at radius 3 is 2.18 bits per heavy atom. The molecule has 2 rings (SSSR count). The molecule has 4 amide bonds. The molecular formula is C21H29N5O7. The zero-order valence-corrected chi connectivity index (χ0v) is 18.0. The largest absolute Gasteiger partial charge is 0.480 e. The van der Waals surface area contributed by atoms with Crippen LogP contribution in [0.1, 0.15) is 24.8 Å². The van der Waals surface area contributed by atoms with E-state index in [1.165, 1.54) is 0 Å². The highest BCUT2D eigenvalue weighted by Gasteiger charge is 2.31. The minimum atomic E-state index is -1.58. The lowest BCUT2D eigenvalue weighted by atomic mass is 10.0. The van der Waals surface area contributed by atoms with Gasteiger partial charge in [0.1, 0.15) is 18.1 Å². The van der Waals surface area contributed by atoms with E-state index in [0.717, 1.165) is 6.42 Å². The number of rotatable bonds is 12. The fourth-order valence-corrected chi connectivity index (χ4v) is 3.38. The number of carboxylic acid groups (broad SMARTS) is 1. The van der Waals surface area contributed by atoms with Crippen molar-refractivity contribution in [2.45, 2.75) is 49.9 Å². The summed E-state index contributed by atoms with van der Waals surface area (Å²) in [5, 5.41) is 29.0. The van der Waals surface area contributed by atoms with Crippen LogP contribution in [0.4, 0.5) is 0 Å². The summed E-state index contributed by atoms with van der Waals surface area (Å²) in [4.78, 5) is 60.4. The molecule has 0 spiro atoms. The predicted molar refractivity (Wildman–Crippen MR) is 115 cm³/mol. The third-order valence-electron chi connectivity index (χ3n) is 5.13.